The molecule has 1 aliphatic carbocycles. The Hall–Kier alpha value is -3.10. The molecule has 0 spiro atoms. The highest BCUT2D eigenvalue weighted by Crippen LogP contribution is 2.38. The molecular formula is C29H34F3N3O2. The number of ether oxygens (including phenoxy) is 2. The van der Waals surface area contributed by atoms with Crippen LogP contribution in [0, 0.1) is 24.4 Å². The molecule has 0 N–H and O–H groups in total. The van der Waals surface area contributed by atoms with Gasteiger partial charge in [-0.25, -0.2) is 18.2 Å². The van der Waals surface area contributed by atoms with Gasteiger partial charge in [0.1, 0.15) is 6.10 Å². The maximum atomic E-state index is 14.2. The second kappa shape index (κ2) is 12.0. The molecule has 2 aromatic rings. The molecule has 3 unspecified atom stereocenters. The Morgan fingerprint density at radius 3 is 2.57 bits per heavy atom. The lowest BCUT2D eigenvalue weighted by Crippen LogP contribution is -2.34. The number of hydrogen-bond donors (Lipinski definition) is 0. The van der Waals surface area contributed by atoms with Gasteiger partial charge in [0.15, 0.2) is 17.5 Å². The molecule has 4 rings (SSSR count). The fourth-order valence-electron chi connectivity index (χ4n) is 5.23. The monoisotopic (exact) mass is 513 g/mol. The van der Waals surface area contributed by atoms with Gasteiger partial charge in [0.2, 0.25) is 0 Å². The van der Waals surface area contributed by atoms with Crippen molar-refractivity contribution in [1.82, 2.24) is 14.5 Å². The van der Waals surface area contributed by atoms with Crippen LogP contribution in [0.2, 0.25) is 0 Å². The highest BCUT2D eigenvalue weighted by atomic mass is 19.2. The Balaban J connectivity index is 1.64. The van der Waals surface area contributed by atoms with Gasteiger partial charge in [0.05, 0.1) is 24.1 Å². The van der Waals surface area contributed by atoms with E-state index in [1.54, 1.807) is 14.2 Å². The molecule has 1 aliphatic heterocycles. The fourth-order valence-corrected chi connectivity index (χ4v) is 5.23. The number of imidazole rings is 1. The molecule has 0 radical (unpaired) electrons. The van der Waals surface area contributed by atoms with Crippen molar-refractivity contribution < 1.29 is 22.6 Å². The van der Waals surface area contributed by atoms with Crippen LogP contribution in [0.25, 0.3) is 0 Å². The summed E-state index contributed by atoms with van der Waals surface area (Å²) in [6.07, 6.45) is 16.4. The van der Waals surface area contributed by atoms with Gasteiger partial charge in [-0.05, 0) is 74.1 Å². The third-order valence-electron chi connectivity index (χ3n) is 6.99. The lowest BCUT2D eigenvalue weighted by molar-refractivity contribution is 0.108. The molecule has 3 atom stereocenters. The summed E-state index contributed by atoms with van der Waals surface area (Å²) in [5, 5.41) is 0. The largest absolute Gasteiger partial charge is 0.385 e. The van der Waals surface area contributed by atoms with Crippen molar-refractivity contribution in [3.8, 4) is 0 Å². The van der Waals surface area contributed by atoms with Gasteiger partial charge in [0, 0.05) is 39.3 Å². The molecule has 37 heavy (non-hydrogen) atoms. The number of aromatic nitrogens is 2. The summed E-state index contributed by atoms with van der Waals surface area (Å²) in [4.78, 5) is 6.48. The summed E-state index contributed by atoms with van der Waals surface area (Å²) in [5.74, 6) is -3.82. The average Bonchev–Trinajstić information content (AvgIpc) is 3.33. The maximum Gasteiger partial charge on any atom is 0.194 e. The Kier molecular flexibility index (Phi) is 8.71. The van der Waals surface area contributed by atoms with E-state index < -0.39 is 17.5 Å². The van der Waals surface area contributed by atoms with Crippen LogP contribution in [0.15, 0.2) is 71.9 Å². The van der Waals surface area contributed by atoms with Gasteiger partial charge in [0.25, 0.3) is 0 Å². The first-order valence-corrected chi connectivity index (χ1v) is 12.6. The van der Waals surface area contributed by atoms with E-state index in [0.717, 1.165) is 47.5 Å². The van der Waals surface area contributed by atoms with Crippen LogP contribution in [0.5, 0.6) is 0 Å². The summed E-state index contributed by atoms with van der Waals surface area (Å²) in [5.41, 5.74) is 4.49. The van der Waals surface area contributed by atoms with Crippen LogP contribution in [0.1, 0.15) is 49.5 Å². The molecule has 5 nitrogen and oxygen atoms in total. The van der Waals surface area contributed by atoms with Crippen molar-refractivity contribution >= 4 is 0 Å². The number of nitrogens with zero attached hydrogens (tertiary/aromatic N) is 3. The number of allylic oxidation sites excluding steroid dienone is 5. The zero-order valence-corrected chi connectivity index (χ0v) is 21.8. The minimum Gasteiger partial charge on any atom is -0.385 e. The van der Waals surface area contributed by atoms with E-state index in [1.807, 2.05) is 37.0 Å². The van der Waals surface area contributed by atoms with Gasteiger partial charge < -0.3 is 18.9 Å². The fraction of sp³-hybridized carbons (Fsp3) is 0.414. The van der Waals surface area contributed by atoms with E-state index in [1.165, 1.54) is 0 Å². The summed E-state index contributed by atoms with van der Waals surface area (Å²) < 4.78 is 55.1. The standard InChI is InChI=1S/C29H34F3N3O2/c1-5-25-21(13-20-8-9-27(28(14-20)37-4)34-17-19(2)33-18-34)7-6-11-35(25)26(10-12-36-3)22-15-23(30)29(32)24(31)16-22/h5,8-9,13-18,26-28H,6-7,10-12H2,1-4H3. The van der Waals surface area contributed by atoms with Gasteiger partial charge in [-0.15, -0.1) is 0 Å². The van der Waals surface area contributed by atoms with Crippen LogP contribution in [-0.4, -0.2) is 47.9 Å². The number of halogens is 3. The smallest absolute Gasteiger partial charge is 0.194 e. The third-order valence-corrected chi connectivity index (χ3v) is 6.99. The number of piperidine rings is 1. The van der Waals surface area contributed by atoms with Crippen molar-refractivity contribution in [3.05, 3.63) is 101 Å². The number of rotatable bonds is 8. The van der Waals surface area contributed by atoms with Crippen molar-refractivity contribution in [3.63, 3.8) is 0 Å². The minimum atomic E-state index is -1.45. The van der Waals surface area contributed by atoms with Crippen molar-refractivity contribution in [1.29, 1.82) is 0 Å². The Morgan fingerprint density at radius 1 is 1.19 bits per heavy atom. The minimum absolute atomic E-state index is 0.0130. The van der Waals surface area contributed by atoms with E-state index in [9.17, 15) is 13.2 Å². The Labute approximate surface area is 216 Å². The number of hydrogen-bond acceptors (Lipinski definition) is 4. The van der Waals surface area contributed by atoms with E-state index in [4.69, 9.17) is 9.47 Å². The SMILES string of the molecule is CC=C1C(=CC2=CC(OC)C(n3cnc(C)c3)C=C2)CCCN1C(CCOC)c1cc(F)c(F)c(F)c1. The molecule has 0 amide bonds. The second-order valence-electron chi connectivity index (χ2n) is 9.42. The zero-order chi connectivity index (χ0) is 26.5. The molecule has 1 fully saturated rings. The number of aryl methyl sites for hydroxylation is 1. The molecule has 0 bridgehead atoms. The number of likely N-dealkylation sites (tertiary alicyclic amines) is 1. The Morgan fingerprint density at radius 2 is 1.95 bits per heavy atom. The van der Waals surface area contributed by atoms with E-state index in [2.05, 4.69) is 34.2 Å². The van der Waals surface area contributed by atoms with Crippen LogP contribution in [0.3, 0.4) is 0 Å². The normalized spacial score (nSPS) is 23.1. The van der Waals surface area contributed by atoms with Gasteiger partial charge in [-0.1, -0.05) is 18.2 Å². The molecule has 2 heterocycles. The van der Waals surface area contributed by atoms with Gasteiger partial charge in [-0.3, -0.25) is 0 Å². The highest BCUT2D eigenvalue weighted by Gasteiger charge is 2.29. The molecular weight excluding hydrogens is 479 g/mol. The molecule has 8 heteroatoms. The van der Waals surface area contributed by atoms with Crippen molar-refractivity contribution in [2.45, 2.75) is 51.3 Å². The topological polar surface area (TPSA) is 39.5 Å². The quantitative estimate of drug-likeness (QED) is 0.385. The molecule has 198 valence electrons. The predicted octanol–water partition coefficient (Wildman–Crippen LogP) is 6.36. The van der Waals surface area contributed by atoms with Crippen molar-refractivity contribution in [2.24, 2.45) is 0 Å². The lowest BCUT2D eigenvalue weighted by atomic mass is 9.91. The van der Waals surface area contributed by atoms with E-state index in [0.29, 0.717) is 25.1 Å². The molecule has 1 aromatic carbocycles. The first-order chi connectivity index (χ1) is 17.9. The van der Waals surface area contributed by atoms with Crippen LogP contribution in [0.4, 0.5) is 13.2 Å². The lowest BCUT2D eigenvalue weighted by Gasteiger charge is -2.40. The van der Waals surface area contributed by atoms with Crippen molar-refractivity contribution in [2.75, 3.05) is 27.4 Å². The average molecular weight is 514 g/mol. The van der Waals surface area contributed by atoms with Crippen LogP contribution < -0.4 is 0 Å². The first-order valence-electron chi connectivity index (χ1n) is 12.6. The zero-order valence-electron chi connectivity index (χ0n) is 21.8. The third kappa shape index (κ3) is 5.91. The van der Waals surface area contributed by atoms with Crippen LogP contribution >= 0.6 is 0 Å². The Bertz CT molecular complexity index is 1210. The highest BCUT2D eigenvalue weighted by molar-refractivity contribution is 5.45. The molecule has 1 saturated heterocycles. The molecule has 0 saturated carbocycles. The second-order valence-corrected chi connectivity index (χ2v) is 9.42. The molecule has 1 aromatic heterocycles. The van der Waals surface area contributed by atoms with E-state index in [-0.39, 0.29) is 18.2 Å². The summed E-state index contributed by atoms with van der Waals surface area (Å²) >= 11 is 0. The van der Waals surface area contributed by atoms with Gasteiger partial charge in [-0.2, -0.15) is 0 Å². The van der Waals surface area contributed by atoms with Gasteiger partial charge >= 0.3 is 0 Å². The predicted molar refractivity (Wildman–Crippen MR) is 137 cm³/mol. The molecule has 2 aliphatic rings. The maximum absolute atomic E-state index is 14.2. The number of methoxy groups -OCH3 is 2. The first kappa shape index (κ1) is 26.9. The van der Waals surface area contributed by atoms with Crippen LogP contribution in [-0.2, 0) is 9.47 Å². The summed E-state index contributed by atoms with van der Waals surface area (Å²) in [6, 6.07) is 1.84. The summed E-state index contributed by atoms with van der Waals surface area (Å²) in [7, 11) is 3.29. The number of benzene rings is 1. The summed E-state index contributed by atoms with van der Waals surface area (Å²) in [6.45, 7) is 5.03. The van der Waals surface area contributed by atoms with E-state index >= 15 is 0 Å².